The molecule has 0 aliphatic carbocycles. The van der Waals surface area contributed by atoms with Crippen LogP contribution in [0.3, 0.4) is 0 Å². The Labute approximate surface area is 91.3 Å². The number of esters is 1. The van der Waals surface area contributed by atoms with Crippen LogP contribution in [-0.2, 0) is 14.3 Å². The van der Waals surface area contributed by atoms with Gasteiger partial charge in [-0.25, -0.2) is 0 Å². The fourth-order valence-electron chi connectivity index (χ4n) is 1.76. The highest BCUT2D eigenvalue weighted by molar-refractivity contribution is 5.68. The number of ether oxygens (including phenoxy) is 2. The van der Waals surface area contributed by atoms with Crippen molar-refractivity contribution in [3.8, 4) is 0 Å². The Morgan fingerprint density at radius 1 is 1.53 bits per heavy atom. The van der Waals surface area contributed by atoms with E-state index in [-0.39, 0.29) is 5.97 Å². The van der Waals surface area contributed by atoms with Crippen molar-refractivity contribution in [2.24, 2.45) is 0 Å². The van der Waals surface area contributed by atoms with Gasteiger partial charge in [0.15, 0.2) is 0 Å². The number of hydrogen-bond acceptors (Lipinski definition) is 4. The minimum Gasteiger partial charge on any atom is -0.469 e. The van der Waals surface area contributed by atoms with Gasteiger partial charge in [-0.1, -0.05) is 0 Å². The average molecular weight is 215 g/mol. The lowest BCUT2D eigenvalue weighted by Gasteiger charge is -2.11. The number of methoxy groups -OCH3 is 1. The molecule has 0 spiro atoms. The van der Waals surface area contributed by atoms with Gasteiger partial charge in [0.2, 0.25) is 0 Å². The lowest BCUT2D eigenvalue weighted by molar-refractivity contribution is -0.140. The van der Waals surface area contributed by atoms with Crippen molar-refractivity contribution >= 4 is 5.97 Å². The summed E-state index contributed by atoms with van der Waals surface area (Å²) in [5.41, 5.74) is 0. The molecule has 88 valence electrons. The number of carbonyl (C=O) groups is 1. The van der Waals surface area contributed by atoms with Gasteiger partial charge in [-0.15, -0.1) is 0 Å². The second-order valence-corrected chi connectivity index (χ2v) is 4.03. The summed E-state index contributed by atoms with van der Waals surface area (Å²) in [7, 11) is 1.42. The maximum absolute atomic E-state index is 10.8. The zero-order valence-electron chi connectivity index (χ0n) is 9.62. The monoisotopic (exact) mass is 215 g/mol. The first-order valence-electron chi connectivity index (χ1n) is 5.65. The third-order valence-electron chi connectivity index (χ3n) is 2.65. The predicted octanol–water partition coefficient (Wildman–Crippen LogP) is 1.10. The quantitative estimate of drug-likeness (QED) is 0.532. The Kier molecular flexibility index (Phi) is 5.65. The highest BCUT2D eigenvalue weighted by atomic mass is 16.5. The van der Waals surface area contributed by atoms with Crippen molar-refractivity contribution in [2.45, 2.75) is 44.8 Å². The molecule has 0 bridgehead atoms. The van der Waals surface area contributed by atoms with Gasteiger partial charge in [0, 0.05) is 13.0 Å². The van der Waals surface area contributed by atoms with Crippen molar-refractivity contribution in [3.05, 3.63) is 0 Å². The van der Waals surface area contributed by atoms with E-state index in [9.17, 15) is 4.79 Å². The van der Waals surface area contributed by atoms with E-state index in [4.69, 9.17) is 4.74 Å². The smallest absolute Gasteiger partial charge is 0.305 e. The minimum atomic E-state index is -0.137. The first kappa shape index (κ1) is 12.5. The fraction of sp³-hybridized carbons (Fsp3) is 0.909. The summed E-state index contributed by atoms with van der Waals surface area (Å²) in [6, 6.07) is 0. The van der Waals surface area contributed by atoms with Crippen molar-refractivity contribution in [3.63, 3.8) is 0 Å². The molecule has 1 saturated heterocycles. The maximum Gasteiger partial charge on any atom is 0.305 e. The first-order valence-corrected chi connectivity index (χ1v) is 5.65. The van der Waals surface area contributed by atoms with Crippen LogP contribution in [0.1, 0.15) is 32.6 Å². The van der Waals surface area contributed by atoms with E-state index in [1.165, 1.54) is 7.11 Å². The van der Waals surface area contributed by atoms with Gasteiger partial charge in [0.05, 0.1) is 19.3 Å². The second-order valence-electron chi connectivity index (χ2n) is 4.03. The van der Waals surface area contributed by atoms with E-state index in [1.807, 2.05) is 0 Å². The van der Waals surface area contributed by atoms with Gasteiger partial charge in [0.1, 0.15) is 0 Å². The van der Waals surface area contributed by atoms with Crippen molar-refractivity contribution in [1.82, 2.24) is 5.32 Å². The lowest BCUT2D eigenvalue weighted by atomic mass is 10.2. The van der Waals surface area contributed by atoms with E-state index in [1.54, 1.807) is 0 Å². The molecule has 1 aliphatic rings. The molecule has 0 aromatic rings. The Bertz CT molecular complexity index is 196. The highest BCUT2D eigenvalue weighted by Gasteiger charge is 2.20. The Balaban J connectivity index is 1.91. The summed E-state index contributed by atoms with van der Waals surface area (Å²) >= 11 is 0. The van der Waals surface area contributed by atoms with Gasteiger partial charge in [-0.05, 0) is 32.7 Å². The van der Waals surface area contributed by atoms with E-state index >= 15 is 0 Å². The van der Waals surface area contributed by atoms with E-state index in [0.717, 1.165) is 32.4 Å². The molecule has 1 N–H and O–H groups in total. The molecule has 0 amide bonds. The molecule has 1 fully saturated rings. The molecule has 0 aromatic heterocycles. The number of hydrogen-bond donors (Lipinski definition) is 1. The summed E-state index contributed by atoms with van der Waals surface area (Å²) in [5.74, 6) is -0.137. The largest absolute Gasteiger partial charge is 0.469 e. The molecule has 1 aliphatic heterocycles. The zero-order chi connectivity index (χ0) is 11.1. The van der Waals surface area contributed by atoms with Gasteiger partial charge in [0.25, 0.3) is 0 Å². The molecule has 1 heterocycles. The van der Waals surface area contributed by atoms with Crippen LogP contribution in [0.2, 0.25) is 0 Å². The van der Waals surface area contributed by atoms with Crippen LogP contribution in [-0.4, -0.2) is 38.4 Å². The highest BCUT2D eigenvalue weighted by Crippen LogP contribution is 2.17. The normalized spacial score (nSPS) is 25.5. The summed E-state index contributed by atoms with van der Waals surface area (Å²) in [5, 5.41) is 3.29. The van der Waals surface area contributed by atoms with Crippen LogP contribution in [0.4, 0.5) is 0 Å². The van der Waals surface area contributed by atoms with Crippen LogP contribution in [0.15, 0.2) is 0 Å². The van der Waals surface area contributed by atoms with Gasteiger partial charge in [-0.2, -0.15) is 0 Å². The molecule has 2 unspecified atom stereocenters. The topological polar surface area (TPSA) is 47.6 Å². The predicted molar refractivity (Wildman–Crippen MR) is 57.7 cm³/mol. The molecule has 4 nitrogen and oxygen atoms in total. The summed E-state index contributed by atoms with van der Waals surface area (Å²) in [4.78, 5) is 10.8. The Morgan fingerprint density at radius 3 is 2.93 bits per heavy atom. The minimum absolute atomic E-state index is 0.137. The zero-order valence-corrected chi connectivity index (χ0v) is 9.62. The van der Waals surface area contributed by atoms with Crippen LogP contribution >= 0.6 is 0 Å². The molecule has 15 heavy (non-hydrogen) atoms. The molecule has 2 atom stereocenters. The molecular formula is C11H21NO3. The molecular weight excluding hydrogens is 194 g/mol. The molecule has 0 saturated carbocycles. The van der Waals surface area contributed by atoms with E-state index in [2.05, 4.69) is 17.0 Å². The van der Waals surface area contributed by atoms with Crippen LogP contribution in [0, 0.1) is 0 Å². The molecule has 0 aromatic carbocycles. The SMILES string of the molecule is COC(=O)CCCNCC1CCC(C)O1. The van der Waals surface area contributed by atoms with Crippen LogP contribution in [0.5, 0.6) is 0 Å². The molecule has 4 heteroatoms. The van der Waals surface area contributed by atoms with Crippen LogP contribution in [0.25, 0.3) is 0 Å². The molecule has 0 radical (unpaired) electrons. The third kappa shape index (κ3) is 5.14. The van der Waals surface area contributed by atoms with Gasteiger partial charge < -0.3 is 14.8 Å². The summed E-state index contributed by atoms with van der Waals surface area (Å²) < 4.78 is 10.2. The van der Waals surface area contributed by atoms with Crippen molar-refractivity contribution in [2.75, 3.05) is 20.2 Å². The Hall–Kier alpha value is -0.610. The van der Waals surface area contributed by atoms with Crippen molar-refractivity contribution < 1.29 is 14.3 Å². The number of rotatable bonds is 6. The number of carbonyl (C=O) groups excluding carboxylic acids is 1. The lowest BCUT2D eigenvalue weighted by Crippen LogP contribution is -2.28. The Morgan fingerprint density at radius 2 is 2.33 bits per heavy atom. The second kappa shape index (κ2) is 6.80. The molecule has 1 rings (SSSR count). The van der Waals surface area contributed by atoms with Crippen molar-refractivity contribution in [1.29, 1.82) is 0 Å². The number of nitrogens with one attached hydrogen (secondary N) is 1. The van der Waals surface area contributed by atoms with E-state index < -0.39 is 0 Å². The van der Waals surface area contributed by atoms with Gasteiger partial charge in [-0.3, -0.25) is 4.79 Å². The van der Waals surface area contributed by atoms with E-state index in [0.29, 0.717) is 18.6 Å². The standard InChI is InChI=1S/C11H21NO3/c1-9-5-6-10(15-9)8-12-7-3-4-11(13)14-2/h9-10,12H,3-8H2,1-2H3. The average Bonchev–Trinajstić information content (AvgIpc) is 2.63. The third-order valence-corrected chi connectivity index (χ3v) is 2.65. The maximum atomic E-state index is 10.8. The van der Waals surface area contributed by atoms with Crippen LogP contribution < -0.4 is 5.32 Å². The van der Waals surface area contributed by atoms with Gasteiger partial charge >= 0.3 is 5.97 Å². The fourth-order valence-corrected chi connectivity index (χ4v) is 1.76. The first-order chi connectivity index (χ1) is 7.22. The summed E-state index contributed by atoms with van der Waals surface area (Å²) in [6.45, 7) is 3.85. The summed E-state index contributed by atoms with van der Waals surface area (Å²) in [6.07, 6.45) is 4.39.